The number of primary amides is 1. The summed E-state index contributed by atoms with van der Waals surface area (Å²) >= 11 is 0. The van der Waals surface area contributed by atoms with Gasteiger partial charge in [0, 0.05) is 12.1 Å². The number of aromatic nitrogens is 2. The fourth-order valence-electron chi connectivity index (χ4n) is 2.96. The second-order valence-electron chi connectivity index (χ2n) is 5.89. The molecule has 1 aliphatic carbocycles. The molecule has 0 bridgehead atoms. The Bertz CT molecular complexity index is 488. The van der Waals surface area contributed by atoms with E-state index in [1.807, 2.05) is 11.6 Å². The molecule has 0 unspecified atom stereocenters. The number of nitrogens with two attached hydrogens (primary N) is 2. The molecule has 1 fully saturated rings. The van der Waals surface area contributed by atoms with E-state index in [0.717, 1.165) is 24.4 Å². The van der Waals surface area contributed by atoms with Gasteiger partial charge in [-0.2, -0.15) is 5.10 Å². The number of hydrogen-bond donors (Lipinski definition) is 2. The summed E-state index contributed by atoms with van der Waals surface area (Å²) in [7, 11) is 0. The molecule has 1 aromatic rings. The van der Waals surface area contributed by atoms with E-state index in [1.165, 1.54) is 12.8 Å². The van der Waals surface area contributed by atoms with E-state index in [9.17, 15) is 4.79 Å². The summed E-state index contributed by atoms with van der Waals surface area (Å²) in [5.74, 6) is 0.522. The molecule has 1 aliphatic rings. The van der Waals surface area contributed by atoms with E-state index in [2.05, 4.69) is 23.8 Å². The van der Waals surface area contributed by atoms with Gasteiger partial charge >= 0.3 is 0 Å². The predicted octanol–water partition coefficient (Wildman–Crippen LogP) is 1.59. The molecular formula is C14H25N5O. The van der Waals surface area contributed by atoms with Crippen LogP contribution < -0.4 is 16.4 Å². The first kappa shape index (κ1) is 14.7. The van der Waals surface area contributed by atoms with E-state index in [-0.39, 0.29) is 18.5 Å². The molecule has 20 heavy (non-hydrogen) atoms. The molecule has 6 nitrogen and oxygen atoms in total. The summed E-state index contributed by atoms with van der Waals surface area (Å²) in [6.45, 7) is 6.22. The smallest absolute Gasteiger partial charge is 0.237 e. The number of amides is 1. The number of nitrogens with zero attached hydrogens (tertiary/aromatic N) is 3. The predicted molar refractivity (Wildman–Crippen MR) is 80.6 cm³/mol. The first-order chi connectivity index (χ1) is 9.41. The van der Waals surface area contributed by atoms with E-state index in [1.54, 1.807) is 0 Å². The van der Waals surface area contributed by atoms with Crippen molar-refractivity contribution < 1.29 is 4.79 Å². The topological polar surface area (TPSA) is 90.2 Å². The summed E-state index contributed by atoms with van der Waals surface area (Å²) < 4.78 is 1.91. The van der Waals surface area contributed by atoms with Crippen LogP contribution in [0.25, 0.3) is 0 Å². The molecule has 4 N–H and O–H groups in total. The SMILES string of the molecule is Cc1nn(C(C)C)c(N(CC(N)=O)C2CCCC2)c1N. The lowest BCUT2D eigenvalue weighted by Gasteiger charge is -2.31. The Hall–Kier alpha value is -1.72. The normalized spacial score (nSPS) is 16.0. The average molecular weight is 279 g/mol. The Balaban J connectivity index is 2.44. The highest BCUT2D eigenvalue weighted by Crippen LogP contribution is 2.34. The lowest BCUT2D eigenvalue weighted by atomic mass is 10.2. The van der Waals surface area contributed by atoms with E-state index in [4.69, 9.17) is 11.5 Å². The molecule has 0 saturated heterocycles. The number of carbonyl (C=O) groups is 1. The van der Waals surface area contributed by atoms with Crippen LogP contribution in [0.5, 0.6) is 0 Å². The minimum absolute atomic E-state index is 0.192. The van der Waals surface area contributed by atoms with Crippen LogP contribution in [0.2, 0.25) is 0 Å². The highest BCUT2D eigenvalue weighted by Gasteiger charge is 2.29. The quantitative estimate of drug-likeness (QED) is 0.856. The van der Waals surface area contributed by atoms with Gasteiger partial charge in [0.1, 0.15) is 0 Å². The van der Waals surface area contributed by atoms with Gasteiger partial charge in [-0.05, 0) is 33.6 Å². The molecule has 0 spiro atoms. The van der Waals surface area contributed by atoms with Crippen LogP contribution >= 0.6 is 0 Å². The van der Waals surface area contributed by atoms with E-state index < -0.39 is 0 Å². The third kappa shape index (κ3) is 2.73. The molecule has 1 saturated carbocycles. The van der Waals surface area contributed by atoms with Crippen molar-refractivity contribution in [2.24, 2.45) is 5.73 Å². The Labute approximate surface area is 120 Å². The van der Waals surface area contributed by atoms with Crippen LogP contribution in [0.15, 0.2) is 0 Å². The van der Waals surface area contributed by atoms with Gasteiger partial charge in [-0.15, -0.1) is 0 Å². The number of hydrogen-bond acceptors (Lipinski definition) is 4. The van der Waals surface area contributed by atoms with Gasteiger partial charge in [-0.25, -0.2) is 4.68 Å². The van der Waals surface area contributed by atoms with Crippen LogP contribution in [0, 0.1) is 6.92 Å². The maximum absolute atomic E-state index is 11.4. The van der Waals surface area contributed by atoms with Gasteiger partial charge in [0.2, 0.25) is 5.91 Å². The van der Waals surface area contributed by atoms with Gasteiger partial charge in [0.25, 0.3) is 0 Å². The van der Waals surface area contributed by atoms with Crippen LogP contribution in [-0.4, -0.2) is 28.3 Å². The molecule has 2 rings (SSSR count). The van der Waals surface area contributed by atoms with Gasteiger partial charge in [-0.3, -0.25) is 4.79 Å². The second-order valence-corrected chi connectivity index (χ2v) is 5.89. The molecule has 1 heterocycles. The molecule has 1 aromatic heterocycles. The van der Waals surface area contributed by atoms with Crippen molar-refractivity contribution >= 4 is 17.4 Å². The summed E-state index contributed by atoms with van der Waals surface area (Å²) in [4.78, 5) is 13.5. The molecule has 1 amide bonds. The largest absolute Gasteiger partial charge is 0.394 e. The maximum atomic E-state index is 11.4. The fraction of sp³-hybridized carbons (Fsp3) is 0.714. The third-order valence-electron chi connectivity index (χ3n) is 3.96. The van der Waals surface area contributed by atoms with E-state index >= 15 is 0 Å². The number of aryl methyl sites for hydroxylation is 1. The minimum atomic E-state index is -0.328. The summed E-state index contributed by atoms with van der Waals surface area (Å²) in [5, 5.41) is 4.51. The highest BCUT2D eigenvalue weighted by molar-refractivity contribution is 5.81. The zero-order chi connectivity index (χ0) is 14.9. The highest BCUT2D eigenvalue weighted by atomic mass is 16.1. The zero-order valence-corrected chi connectivity index (χ0v) is 12.6. The second kappa shape index (κ2) is 5.73. The van der Waals surface area contributed by atoms with Gasteiger partial charge in [-0.1, -0.05) is 12.8 Å². The first-order valence-electron chi connectivity index (χ1n) is 7.31. The Kier molecular flexibility index (Phi) is 4.20. The summed E-state index contributed by atoms with van der Waals surface area (Å²) in [5.41, 5.74) is 13.1. The molecule has 0 aliphatic heterocycles. The fourth-order valence-corrected chi connectivity index (χ4v) is 2.96. The molecule has 0 radical (unpaired) electrons. The van der Waals surface area contributed by atoms with Crippen molar-refractivity contribution in [3.63, 3.8) is 0 Å². The van der Waals surface area contributed by atoms with Crippen molar-refractivity contribution in [2.45, 2.75) is 58.5 Å². The summed E-state index contributed by atoms with van der Waals surface area (Å²) in [6.07, 6.45) is 4.54. The molecular weight excluding hydrogens is 254 g/mol. The van der Waals surface area contributed by atoms with Crippen molar-refractivity contribution in [1.82, 2.24) is 9.78 Å². The number of anilines is 2. The molecule has 112 valence electrons. The Morgan fingerprint density at radius 3 is 2.55 bits per heavy atom. The third-order valence-corrected chi connectivity index (χ3v) is 3.96. The molecule has 6 heteroatoms. The molecule has 0 atom stereocenters. The van der Waals surface area contributed by atoms with Crippen molar-refractivity contribution in [2.75, 3.05) is 17.2 Å². The maximum Gasteiger partial charge on any atom is 0.237 e. The van der Waals surface area contributed by atoms with E-state index in [0.29, 0.717) is 11.7 Å². The van der Waals surface area contributed by atoms with Crippen LogP contribution in [-0.2, 0) is 4.79 Å². The van der Waals surface area contributed by atoms with Crippen molar-refractivity contribution in [3.8, 4) is 0 Å². The average Bonchev–Trinajstić information content (AvgIpc) is 2.97. The number of carbonyl (C=O) groups excluding carboxylic acids is 1. The molecule has 0 aromatic carbocycles. The van der Waals surface area contributed by atoms with Gasteiger partial charge < -0.3 is 16.4 Å². The Morgan fingerprint density at radius 1 is 1.45 bits per heavy atom. The minimum Gasteiger partial charge on any atom is -0.394 e. The zero-order valence-electron chi connectivity index (χ0n) is 12.6. The first-order valence-corrected chi connectivity index (χ1v) is 7.31. The standard InChI is InChI=1S/C14H25N5O/c1-9(2)19-14(13(16)10(3)17-19)18(8-12(15)20)11-6-4-5-7-11/h9,11H,4-8,16H2,1-3H3,(H2,15,20). The van der Waals surface area contributed by atoms with Gasteiger partial charge in [0.05, 0.1) is 17.9 Å². The van der Waals surface area contributed by atoms with Gasteiger partial charge in [0.15, 0.2) is 5.82 Å². The lowest BCUT2D eigenvalue weighted by Crippen LogP contribution is -2.42. The van der Waals surface area contributed by atoms with Crippen LogP contribution in [0.3, 0.4) is 0 Å². The lowest BCUT2D eigenvalue weighted by molar-refractivity contribution is -0.116. The number of nitrogen functional groups attached to an aromatic ring is 1. The van der Waals surface area contributed by atoms with Crippen molar-refractivity contribution in [3.05, 3.63) is 5.69 Å². The Morgan fingerprint density at radius 2 is 2.05 bits per heavy atom. The van der Waals surface area contributed by atoms with Crippen LogP contribution in [0.1, 0.15) is 51.3 Å². The van der Waals surface area contributed by atoms with Crippen molar-refractivity contribution in [1.29, 1.82) is 0 Å². The van der Waals surface area contributed by atoms with Crippen LogP contribution in [0.4, 0.5) is 11.5 Å². The summed E-state index contributed by atoms with van der Waals surface area (Å²) in [6, 6.07) is 0.524. The monoisotopic (exact) mass is 279 g/mol. The number of rotatable bonds is 5.